The number of nitrogens with zero attached hydrogens (tertiary/aromatic N) is 5. The molecule has 3 aromatic rings. The third kappa shape index (κ3) is 2.45. The average Bonchev–Trinajstić information content (AvgIpc) is 3.09. The van der Waals surface area contributed by atoms with E-state index in [1.165, 1.54) is 11.0 Å². The zero-order valence-corrected chi connectivity index (χ0v) is 12.7. The summed E-state index contributed by atoms with van der Waals surface area (Å²) in [6, 6.07) is 3.93. The van der Waals surface area contributed by atoms with E-state index in [1.54, 1.807) is 6.21 Å². The van der Waals surface area contributed by atoms with Crippen LogP contribution in [0.1, 0.15) is 22.7 Å². The van der Waals surface area contributed by atoms with Crippen LogP contribution in [0.5, 0.6) is 0 Å². The highest BCUT2D eigenvalue weighted by Crippen LogP contribution is 2.19. The van der Waals surface area contributed by atoms with Crippen molar-refractivity contribution in [2.24, 2.45) is 5.10 Å². The van der Waals surface area contributed by atoms with Crippen LogP contribution in [0.4, 0.5) is 0 Å². The first-order chi connectivity index (χ1) is 10.1. The van der Waals surface area contributed by atoms with Gasteiger partial charge in [0.15, 0.2) is 5.82 Å². The quantitative estimate of drug-likeness (QED) is 0.596. The molecule has 3 heterocycles. The SMILES string of the molecule is Cc1cc(-n2c(C)cc(/C=N\n3cn[nH]c3=S)c2C)no1. The Morgan fingerprint density at radius 1 is 1.33 bits per heavy atom. The zero-order chi connectivity index (χ0) is 15.0. The van der Waals surface area contributed by atoms with Gasteiger partial charge in [-0.2, -0.15) is 14.9 Å². The van der Waals surface area contributed by atoms with Gasteiger partial charge in [-0.25, -0.2) is 0 Å². The molecule has 3 rings (SSSR count). The van der Waals surface area contributed by atoms with Gasteiger partial charge >= 0.3 is 0 Å². The van der Waals surface area contributed by atoms with Crippen LogP contribution in [0, 0.1) is 25.5 Å². The van der Waals surface area contributed by atoms with Crippen LogP contribution in [0.3, 0.4) is 0 Å². The summed E-state index contributed by atoms with van der Waals surface area (Å²) in [5.74, 6) is 1.54. The summed E-state index contributed by atoms with van der Waals surface area (Å²) >= 11 is 5.05. The van der Waals surface area contributed by atoms with Crippen molar-refractivity contribution < 1.29 is 4.52 Å². The molecule has 0 saturated heterocycles. The molecule has 108 valence electrons. The molecule has 0 aliphatic heterocycles. The molecule has 3 aromatic heterocycles. The molecule has 0 aliphatic rings. The molecule has 0 bridgehead atoms. The molecular formula is C13H14N6OS. The number of aromatic nitrogens is 5. The third-order valence-electron chi connectivity index (χ3n) is 3.17. The molecule has 0 unspecified atom stereocenters. The minimum Gasteiger partial charge on any atom is -0.360 e. The van der Waals surface area contributed by atoms with Crippen LogP contribution >= 0.6 is 12.2 Å². The highest BCUT2D eigenvalue weighted by atomic mass is 32.1. The van der Waals surface area contributed by atoms with E-state index in [0.717, 1.165) is 28.5 Å². The summed E-state index contributed by atoms with van der Waals surface area (Å²) < 4.78 is 9.11. The van der Waals surface area contributed by atoms with Gasteiger partial charge in [-0.1, -0.05) is 5.16 Å². The summed E-state index contributed by atoms with van der Waals surface area (Å²) in [5, 5.41) is 14.8. The van der Waals surface area contributed by atoms with Crippen LogP contribution < -0.4 is 0 Å². The predicted octanol–water partition coefficient (Wildman–Crippen LogP) is 2.53. The number of hydrogen-bond donors (Lipinski definition) is 1. The Morgan fingerprint density at radius 3 is 2.76 bits per heavy atom. The summed E-state index contributed by atoms with van der Waals surface area (Å²) in [6.45, 7) is 5.89. The van der Waals surface area contributed by atoms with Crippen LogP contribution in [-0.2, 0) is 0 Å². The molecule has 0 aromatic carbocycles. The number of aromatic amines is 1. The predicted molar refractivity (Wildman–Crippen MR) is 80.4 cm³/mol. The normalized spacial score (nSPS) is 11.6. The molecule has 0 aliphatic carbocycles. The third-order valence-corrected chi connectivity index (χ3v) is 3.45. The smallest absolute Gasteiger partial charge is 0.216 e. The summed E-state index contributed by atoms with van der Waals surface area (Å²) in [4.78, 5) is 0. The Kier molecular flexibility index (Phi) is 3.30. The van der Waals surface area contributed by atoms with E-state index < -0.39 is 0 Å². The van der Waals surface area contributed by atoms with Gasteiger partial charge in [0, 0.05) is 23.0 Å². The Hall–Kier alpha value is -2.48. The number of rotatable bonds is 3. The van der Waals surface area contributed by atoms with Gasteiger partial charge in [-0.05, 0) is 39.1 Å². The van der Waals surface area contributed by atoms with E-state index in [4.69, 9.17) is 16.7 Å². The van der Waals surface area contributed by atoms with Gasteiger partial charge in [-0.3, -0.25) is 9.67 Å². The number of aryl methyl sites for hydroxylation is 2. The minimum absolute atomic E-state index is 0.451. The van der Waals surface area contributed by atoms with E-state index >= 15 is 0 Å². The Labute approximate surface area is 125 Å². The van der Waals surface area contributed by atoms with E-state index in [1.807, 2.05) is 37.5 Å². The van der Waals surface area contributed by atoms with Crippen LogP contribution in [0.25, 0.3) is 5.82 Å². The number of H-pyrrole nitrogens is 1. The Balaban J connectivity index is 2.00. The first kappa shape index (κ1) is 13.5. The largest absolute Gasteiger partial charge is 0.360 e. The molecule has 8 heteroatoms. The van der Waals surface area contributed by atoms with Crippen molar-refractivity contribution in [3.8, 4) is 5.82 Å². The molecule has 21 heavy (non-hydrogen) atoms. The monoisotopic (exact) mass is 302 g/mol. The zero-order valence-electron chi connectivity index (χ0n) is 11.9. The van der Waals surface area contributed by atoms with Crippen molar-refractivity contribution in [3.63, 3.8) is 0 Å². The fraction of sp³-hybridized carbons (Fsp3) is 0.231. The van der Waals surface area contributed by atoms with Gasteiger partial charge < -0.3 is 4.52 Å². The lowest BCUT2D eigenvalue weighted by molar-refractivity contribution is 0.394. The van der Waals surface area contributed by atoms with Gasteiger partial charge in [0.2, 0.25) is 4.77 Å². The summed E-state index contributed by atoms with van der Waals surface area (Å²) in [5.41, 5.74) is 3.06. The van der Waals surface area contributed by atoms with Crippen molar-refractivity contribution in [1.82, 2.24) is 24.6 Å². The molecule has 0 atom stereocenters. The molecule has 0 amide bonds. The minimum atomic E-state index is 0.451. The Bertz CT molecular complexity index is 865. The van der Waals surface area contributed by atoms with Gasteiger partial charge in [0.1, 0.15) is 12.1 Å². The number of hydrogen-bond acceptors (Lipinski definition) is 5. The maximum Gasteiger partial charge on any atom is 0.216 e. The second-order valence-corrected chi connectivity index (χ2v) is 5.10. The molecule has 1 N–H and O–H groups in total. The maximum atomic E-state index is 5.14. The fourth-order valence-electron chi connectivity index (χ4n) is 2.18. The highest BCUT2D eigenvalue weighted by molar-refractivity contribution is 7.71. The van der Waals surface area contributed by atoms with Crippen LogP contribution in [-0.4, -0.2) is 30.8 Å². The first-order valence-electron chi connectivity index (χ1n) is 6.35. The van der Waals surface area contributed by atoms with E-state index in [-0.39, 0.29) is 0 Å². The van der Waals surface area contributed by atoms with Crippen LogP contribution in [0.15, 0.2) is 28.1 Å². The molecule has 0 fully saturated rings. The van der Waals surface area contributed by atoms with Crippen molar-refractivity contribution in [3.05, 3.63) is 45.9 Å². The molecule has 0 spiro atoms. The molecule has 7 nitrogen and oxygen atoms in total. The van der Waals surface area contributed by atoms with Gasteiger partial charge in [0.25, 0.3) is 0 Å². The van der Waals surface area contributed by atoms with E-state index in [9.17, 15) is 0 Å². The lowest BCUT2D eigenvalue weighted by Crippen LogP contribution is -2.00. The highest BCUT2D eigenvalue weighted by Gasteiger charge is 2.12. The van der Waals surface area contributed by atoms with E-state index in [0.29, 0.717) is 4.77 Å². The van der Waals surface area contributed by atoms with Crippen molar-refractivity contribution in [2.45, 2.75) is 20.8 Å². The topological polar surface area (TPSA) is 76.9 Å². The van der Waals surface area contributed by atoms with Crippen molar-refractivity contribution >= 4 is 18.4 Å². The van der Waals surface area contributed by atoms with Crippen molar-refractivity contribution in [1.29, 1.82) is 0 Å². The fourth-order valence-corrected chi connectivity index (χ4v) is 2.33. The molecular weight excluding hydrogens is 288 g/mol. The molecule has 0 radical (unpaired) electrons. The molecule has 0 saturated carbocycles. The first-order valence-corrected chi connectivity index (χ1v) is 6.76. The maximum absolute atomic E-state index is 5.14. The van der Waals surface area contributed by atoms with Gasteiger partial charge in [0.05, 0.1) is 6.21 Å². The average molecular weight is 302 g/mol. The second-order valence-electron chi connectivity index (χ2n) is 4.71. The second kappa shape index (κ2) is 5.13. The lowest BCUT2D eigenvalue weighted by Gasteiger charge is -2.03. The lowest BCUT2D eigenvalue weighted by atomic mass is 10.3. The summed E-state index contributed by atoms with van der Waals surface area (Å²) in [7, 11) is 0. The summed E-state index contributed by atoms with van der Waals surface area (Å²) in [6.07, 6.45) is 3.27. The Morgan fingerprint density at radius 2 is 2.14 bits per heavy atom. The standard InChI is InChI=1S/C13H14N6OS/c1-8-4-11(6-15-18-7-14-16-13(18)21)10(3)19(8)12-5-9(2)20-17-12/h4-7H,1-3H3,(H,16,21)/b15-6-. The van der Waals surface area contributed by atoms with Crippen LogP contribution in [0.2, 0.25) is 0 Å². The van der Waals surface area contributed by atoms with Crippen molar-refractivity contribution in [2.75, 3.05) is 0 Å². The van der Waals surface area contributed by atoms with E-state index in [2.05, 4.69) is 20.5 Å². The number of nitrogens with one attached hydrogen (secondary N) is 1. The van der Waals surface area contributed by atoms with Gasteiger partial charge in [-0.15, -0.1) is 0 Å².